The van der Waals surface area contributed by atoms with Gasteiger partial charge in [0.15, 0.2) is 0 Å². The number of aromatic nitrogens is 1. The van der Waals surface area contributed by atoms with E-state index in [4.69, 9.17) is 0 Å². The average molecular weight is 194 g/mol. The van der Waals surface area contributed by atoms with Crippen molar-refractivity contribution >= 4 is 0 Å². The van der Waals surface area contributed by atoms with Crippen LogP contribution in [0.5, 0.6) is 0 Å². The summed E-state index contributed by atoms with van der Waals surface area (Å²) in [6, 6.07) is 3.75. The molecule has 0 radical (unpaired) electrons. The molecule has 14 heavy (non-hydrogen) atoms. The molecule has 0 spiro atoms. The van der Waals surface area contributed by atoms with Crippen LogP contribution in [0.25, 0.3) is 0 Å². The average Bonchev–Trinajstić information content (AvgIpc) is 3.01. The van der Waals surface area contributed by atoms with Gasteiger partial charge in [0.05, 0.1) is 6.20 Å². The van der Waals surface area contributed by atoms with E-state index in [1.807, 2.05) is 7.05 Å². The van der Waals surface area contributed by atoms with Crippen molar-refractivity contribution in [2.24, 2.45) is 5.92 Å². The topological polar surface area (TPSA) is 24.9 Å². The van der Waals surface area contributed by atoms with Gasteiger partial charge in [0.2, 0.25) is 0 Å². The summed E-state index contributed by atoms with van der Waals surface area (Å²) < 4.78 is 12.6. The maximum absolute atomic E-state index is 12.6. The zero-order valence-corrected chi connectivity index (χ0v) is 8.33. The number of pyridine rings is 1. The van der Waals surface area contributed by atoms with Gasteiger partial charge in [-0.2, -0.15) is 0 Å². The molecule has 76 valence electrons. The smallest absolute Gasteiger partial charge is 0.141 e. The first-order valence-corrected chi connectivity index (χ1v) is 5.07. The molecule has 0 saturated heterocycles. The van der Waals surface area contributed by atoms with E-state index in [0.717, 1.165) is 18.0 Å². The van der Waals surface area contributed by atoms with Gasteiger partial charge in [-0.3, -0.25) is 4.98 Å². The van der Waals surface area contributed by atoms with Gasteiger partial charge in [0.25, 0.3) is 0 Å². The molecule has 1 aliphatic carbocycles. The lowest BCUT2D eigenvalue weighted by atomic mass is 10.1. The summed E-state index contributed by atoms with van der Waals surface area (Å²) in [5, 5.41) is 3.29. The van der Waals surface area contributed by atoms with Gasteiger partial charge in [-0.1, -0.05) is 0 Å². The Hall–Kier alpha value is -0.960. The molecule has 1 aliphatic rings. The van der Waals surface area contributed by atoms with Crippen LogP contribution >= 0.6 is 0 Å². The van der Waals surface area contributed by atoms with Crippen LogP contribution in [0.15, 0.2) is 18.3 Å². The van der Waals surface area contributed by atoms with Crippen molar-refractivity contribution in [2.75, 3.05) is 7.05 Å². The second kappa shape index (κ2) is 4.05. The van der Waals surface area contributed by atoms with Gasteiger partial charge in [0.1, 0.15) is 5.82 Å². The Bertz CT molecular complexity index is 293. The predicted molar refractivity (Wildman–Crippen MR) is 53.5 cm³/mol. The molecule has 0 bridgehead atoms. The Kier molecular flexibility index (Phi) is 2.77. The minimum atomic E-state index is -0.263. The lowest BCUT2D eigenvalue weighted by Gasteiger charge is -2.14. The van der Waals surface area contributed by atoms with E-state index in [0.29, 0.717) is 6.04 Å². The van der Waals surface area contributed by atoms with Crippen LogP contribution in [0.3, 0.4) is 0 Å². The molecule has 1 unspecified atom stereocenters. The van der Waals surface area contributed by atoms with Gasteiger partial charge < -0.3 is 5.32 Å². The molecule has 0 aromatic carbocycles. The first-order chi connectivity index (χ1) is 6.79. The standard InChI is InChI=1S/C11H15FN2/c1-13-11(8-2-3-8)6-10-5-4-9(12)7-14-10/h4-5,7-8,11,13H,2-3,6H2,1H3. The molecule has 2 rings (SSSR count). The number of likely N-dealkylation sites (N-methyl/N-ethyl adjacent to an activating group) is 1. The molecule has 1 fully saturated rings. The predicted octanol–water partition coefficient (Wildman–Crippen LogP) is 1.76. The highest BCUT2D eigenvalue weighted by molar-refractivity contribution is 5.08. The fourth-order valence-corrected chi connectivity index (χ4v) is 1.76. The number of hydrogen-bond donors (Lipinski definition) is 1. The van der Waals surface area contributed by atoms with Crippen LogP contribution in [0.2, 0.25) is 0 Å². The number of rotatable bonds is 4. The van der Waals surface area contributed by atoms with Crippen molar-refractivity contribution in [1.29, 1.82) is 0 Å². The molecule has 0 aliphatic heterocycles. The molecule has 0 amide bonds. The third-order valence-corrected chi connectivity index (χ3v) is 2.78. The van der Waals surface area contributed by atoms with Gasteiger partial charge >= 0.3 is 0 Å². The largest absolute Gasteiger partial charge is 0.316 e. The zero-order chi connectivity index (χ0) is 9.97. The lowest BCUT2D eigenvalue weighted by Crippen LogP contribution is -2.29. The summed E-state index contributed by atoms with van der Waals surface area (Å²) in [4.78, 5) is 4.06. The summed E-state index contributed by atoms with van der Waals surface area (Å²) in [6.45, 7) is 0. The lowest BCUT2D eigenvalue weighted by molar-refractivity contribution is 0.494. The summed E-state index contributed by atoms with van der Waals surface area (Å²) in [5.41, 5.74) is 0.970. The monoisotopic (exact) mass is 194 g/mol. The van der Waals surface area contributed by atoms with Crippen molar-refractivity contribution < 1.29 is 4.39 Å². The molecular weight excluding hydrogens is 179 g/mol. The Morgan fingerprint density at radius 3 is 2.86 bits per heavy atom. The van der Waals surface area contributed by atoms with E-state index in [1.165, 1.54) is 25.1 Å². The number of hydrogen-bond acceptors (Lipinski definition) is 2. The minimum Gasteiger partial charge on any atom is -0.316 e. The number of halogens is 1. The third kappa shape index (κ3) is 2.29. The highest BCUT2D eigenvalue weighted by Crippen LogP contribution is 2.33. The first-order valence-electron chi connectivity index (χ1n) is 5.07. The van der Waals surface area contributed by atoms with Crippen LogP contribution in [0.4, 0.5) is 4.39 Å². The molecule has 1 saturated carbocycles. The molecular formula is C11H15FN2. The van der Waals surface area contributed by atoms with E-state index >= 15 is 0 Å². The number of nitrogens with one attached hydrogen (secondary N) is 1. The zero-order valence-electron chi connectivity index (χ0n) is 8.33. The van der Waals surface area contributed by atoms with Gasteiger partial charge in [-0.25, -0.2) is 4.39 Å². The minimum absolute atomic E-state index is 0.263. The summed E-state index contributed by atoms with van der Waals surface area (Å²) >= 11 is 0. The van der Waals surface area contributed by atoms with Crippen LogP contribution in [-0.4, -0.2) is 18.1 Å². The Morgan fingerprint density at radius 1 is 1.57 bits per heavy atom. The SMILES string of the molecule is CNC(Cc1ccc(F)cn1)C1CC1. The molecule has 3 heteroatoms. The fourth-order valence-electron chi connectivity index (χ4n) is 1.76. The molecule has 1 aromatic rings. The van der Waals surface area contributed by atoms with Crippen molar-refractivity contribution in [1.82, 2.24) is 10.3 Å². The van der Waals surface area contributed by atoms with E-state index in [9.17, 15) is 4.39 Å². The Balaban J connectivity index is 1.98. The number of nitrogens with zero attached hydrogens (tertiary/aromatic N) is 1. The van der Waals surface area contributed by atoms with Crippen molar-refractivity contribution in [2.45, 2.75) is 25.3 Å². The van der Waals surface area contributed by atoms with E-state index in [2.05, 4.69) is 10.3 Å². The van der Waals surface area contributed by atoms with Gasteiger partial charge in [0, 0.05) is 18.2 Å². The maximum atomic E-state index is 12.6. The summed E-state index contributed by atoms with van der Waals surface area (Å²) in [6.07, 6.45) is 4.82. The van der Waals surface area contributed by atoms with Crippen molar-refractivity contribution in [3.05, 3.63) is 29.8 Å². The molecule has 1 heterocycles. The Morgan fingerprint density at radius 2 is 2.36 bits per heavy atom. The third-order valence-electron chi connectivity index (χ3n) is 2.78. The Labute approximate surface area is 83.6 Å². The first kappa shape index (κ1) is 9.59. The van der Waals surface area contributed by atoms with Gasteiger partial charge in [-0.05, 0) is 37.9 Å². The highest BCUT2D eigenvalue weighted by atomic mass is 19.1. The summed E-state index contributed by atoms with van der Waals surface area (Å²) in [5.74, 6) is 0.535. The van der Waals surface area contributed by atoms with Gasteiger partial charge in [-0.15, -0.1) is 0 Å². The van der Waals surface area contributed by atoms with Crippen LogP contribution < -0.4 is 5.32 Å². The second-order valence-corrected chi connectivity index (χ2v) is 3.90. The quantitative estimate of drug-likeness (QED) is 0.790. The van der Waals surface area contributed by atoms with Crippen LogP contribution in [0.1, 0.15) is 18.5 Å². The van der Waals surface area contributed by atoms with Crippen molar-refractivity contribution in [3.8, 4) is 0 Å². The molecule has 1 aromatic heterocycles. The summed E-state index contributed by atoms with van der Waals surface area (Å²) in [7, 11) is 1.98. The normalized spacial score (nSPS) is 18.1. The maximum Gasteiger partial charge on any atom is 0.141 e. The van der Waals surface area contributed by atoms with E-state index < -0.39 is 0 Å². The van der Waals surface area contributed by atoms with E-state index in [1.54, 1.807) is 6.07 Å². The fraction of sp³-hybridized carbons (Fsp3) is 0.545. The molecule has 1 N–H and O–H groups in total. The van der Waals surface area contributed by atoms with E-state index in [-0.39, 0.29) is 5.82 Å². The van der Waals surface area contributed by atoms with Crippen LogP contribution in [-0.2, 0) is 6.42 Å². The van der Waals surface area contributed by atoms with Crippen molar-refractivity contribution in [3.63, 3.8) is 0 Å². The van der Waals surface area contributed by atoms with Crippen LogP contribution in [0, 0.1) is 11.7 Å². The molecule has 1 atom stereocenters. The molecule has 2 nitrogen and oxygen atoms in total. The highest BCUT2D eigenvalue weighted by Gasteiger charge is 2.30. The second-order valence-electron chi connectivity index (χ2n) is 3.90.